The maximum atomic E-state index is 8.91. The van der Waals surface area contributed by atoms with Crippen molar-refractivity contribution < 1.29 is 4.74 Å². The molecule has 102 valence electrons. The molecule has 20 heavy (non-hydrogen) atoms. The third-order valence-electron chi connectivity index (χ3n) is 2.93. The molecule has 2 N–H and O–H groups in total. The fraction of sp³-hybridized carbons (Fsp3) is 0.250. The summed E-state index contributed by atoms with van der Waals surface area (Å²) in [5.74, 6) is 1.06. The first kappa shape index (κ1) is 13.9. The molecule has 1 aromatic carbocycles. The van der Waals surface area contributed by atoms with Crippen molar-refractivity contribution in [1.29, 1.82) is 5.26 Å². The molecule has 0 radical (unpaired) electrons. The standard InChI is InChI=1S/C16H17N3O/c1-16(2,3)11-5-4-6-12(9-11)20-15-8-7-13(18)14(10-17)19-15/h4-9H,18H2,1-3H3. The van der Waals surface area contributed by atoms with Crippen molar-refractivity contribution in [3.63, 3.8) is 0 Å². The second kappa shape index (κ2) is 5.22. The second-order valence-electron chi connectivity index (χ2n) is 5.58. The first-order valence-corrected chi connectivity index (χ1v) is 6.35. The number of nitrogens with zero attached hydrogens (tertiary/aromatic N) is 2. The molecule has 0 aliphatic heterocycles. The van der Waals surface area contributed by atoms with Gasteiger partial charge in [-0.2, -0.15) is 5.26 Å². The van der Waals surface area contributed by atoms with Gasteiger partial charge in [0.15, 0.2) is 5.69 Å². The lowest BCUT2D eigenvalue weighted by atomic mass is 9.87. The average molecular weight is 267 g/mol. The zero-order valence-electron chi connectivity index (χ0n) is 11.8. The molecule has 0 saturated heterocycles. The van der Waals surface area contributed by atoms with Crippen LogP contribution >= 0.6 is 0 Å². The minimum atomic E-state index is 0.0474. The molecule has 0 atom stereocenters. The Morgan fingerprint density at radius 1 is 1.20 bits per heavy atom. The summed E-state index contributed by atoms with van der Waals surface area (Å²) in [6, 6.07) is 13.1. The molecule has 0 amide bonds. The van der Waals surface area contributed by atoms with E-state index in [0.717, 1.165) is 0 Å². The molecule has 0 bridgehead atoms. The van der Waals surface area contributed by atoms with Gasteiger partial charge in [0, 0.05) is 6.07 Å². The Morgan fingerprint density at radius 3 is 2.60 bits per heavy atom. The molecule has 0 saturated carbocycles. The zero-order chi connectivity index (χ0) is 14.8. The third-order valence-corrected chi connectivity index (χ3v) is 2.93. The number of anilines is 1. The molecule has 4 heteroatoms. The highest BCUT2D eigenvalue weighted by Crippen LogP contribution is 2.28. The maximum Gasteiger partial charge on any atom is 0.220 e. The van der Waals surface area contributed by atoms with E-state index in [0.29, 0.717) is 17.3 Å². The molecular weight excluding hydrogens is 250 g/mol. The highest BCUT2D eigenvalue weighted by atomic mass is 16.5. The van der Waals surface area contributed by atoms with Crippen LogP contribution in [0.4, 0.5) is 5.69 Å². The van der Waals surface area contributed by atoms with Gasteiger partial charge in [0.2, 0.25) is 5.88 Å². The van der Waals surface area contributed by atoms with Crippen LogP contribution in [0.3, 0.4) is 0 Å². The monoisotopic (exact) mass is 267 g/mol. The second-order valence-corrected chi connectivity index (χ2v) is 5.58. The van der Waals surface area contributed by atoms with Crippen LogP contribution in [0.25, 0.3) is 0 Å². The van der Waals surface area contributed by atoms with E-state index in [2.05, 4.69) is 31.8 Å². The smallest absolute Gasteiger partial charge is 0.220 e. The normalized spacial score (nSPS) is 10.9. The van der Waals surface area contributed by atoms with E-state index in [1.54, 1.807) is 12.1 Å². The van der Waals surface area contributed by atoms with Crippen molar-refractivity contribution in [2.24, 2.45) is 0 Å². The van der Waals surface area contributed by atoms with Crippen molar-refractivity contribution in [2.75, 3.05) is 5.73 Å². The number of aromatic nitrogens is 1. The van der Waals surface area contributed by atoms with Crippen LogP contribution in [-0.2, 0) is 5.41 Å². The van der Waals surface area contributed by atoms with Gasteiger partial charge in [-0.05, 0) is 29.2 Å². The summed E-state index contributed by atoms with van der Waals surface area (Å²) in [6.45, 7) is 6.42. The predicted molar refractivity (Wildman–Crippen MR) is 78.6 cm³/mol. The fourth-order valence-corrected chi connectivity index (χ4v) is 1.75. The molecular formula is C16H17N3O. The lowest BCUT2D eigenvalue weighted by Gasteiger charge is -2.19. The Bertz CT molecular complexity index is 666. The van der Waals surface area contributed by atoms with Gasteiger partial charge < -0.3 is 10.5 Å². The fourth-order valence-electron chi connectivity index (χ4n) is 1.75. The van der Waals surface area contributed by atoms with Crippen LogP contribution in [0, 0.1) is 11.3 Å². The first-order valence-electron chi connectivity index (χ1n) is 6.35. The van der Waals surface area contributed by atoms with Gasteiger partial charge in [-0.1, -0.05) is 32.9 Å². The van der Waals surface area contributed by atoms with Crippen molar-refractivity contribution in [3.8, 4) is 17.7 Å². The van der Waals surface area contributed by atoms with Gasteiger partial charge in [0.1, 0.15) is 11.8 Å². The van der Waals surface area contributed by atoms with Crippen LogP contribution in [0.1, 0.15) is 32.0 Å². The summed E-state index contributed by atoms with van der Waals surface area (Å²) >= 11 is 0. The Balaban J connectivity index is 2.29. The topological polar surface area (TPSA) is 71.9 Å². The molecule has 4 nitrogen and oxygen atoms in total. The predicted octanol–water partition coefficient (Wildman–Crippen LogP) is 3.63. The van der Waals surface area contributed by atoms with Crippen LogP contribution in [-0.4, -0.2) is 4.98 Å². The Kier molecular flexibility index (Phi) is 3.62. The van der Waals surface area contributed by atoms with E-state index >= 15 is 0 Å². The first-order chi connectivity index (χ1) is 9.40. The zero-order valence-corrected chi connectivity index (χ0v) is 11.8. The van der Waals surface area contributed by atoms with E-state index in [1.807, 2.05) is 24.3 Å². The molecule has 0 aliphatic rings. The lowest BCUT2D eigenvalue weighted by Crippen LogP contribution is -2.10. The van der Waals surface area contributed by atoms with Gasteiger partial charge in [-0.15, -0.1) is 0 Å². The van der Waals surface area contributed by atoms with Crippen molar-refractivity contribution in [1.82, 2.24) is 4.98 Å². The molecule has 0 aliphatic carbocycles. The Labute approximate surface area is 118 Å². The average Bonchev–Trinajstić information content (AvgIpc) is 2.40. The number of nitrogen functional groups attached to an aromatic ring is 1. The Morgan fingerprint density at radius 2 is 1.95 bits per heavy atom. The Hall–Kier alpha value is -2.54. The third kappa shape index (κ3) is 3.07. The van der Waals surface area contributed by atoms with Crippen LogP contribution < -0.4 is 10.5 Å². The molecule has 0 unspecified atom stereocenters. The summed E-state index contributed by atoms with van der Waals surface area (Å²) in [5.41, 5.74) is 7.38. The van der Waals surface area contributed by atoms with Gasteiger partial charge in [-0.3, -0.25) is 0 Å². The minimum absolute atomic E-state index is 0.0474. The van der Waals surface area contributed by atoms with Gasteiger partial charge >= 0.3 is 0 Å². The number of nitriles is 1. The summed E-state index contributed by atoms with van der Waals surface area (Å²) in [7, 11) is 0. The number of nitrogens with two attached hydrogens (primary N) is 1. The minimum Gasteiger partial charge on any atom is -0.439 e. The summed E-state index contributed by atoms with van der Waals surface area (Å²) in [4.78, 5) is 4.07. The number of ether oxygens (including phenoxy) is 1. The summed E-state index contributed by atoms with van der Waals surface area (Å²) in [5, 5.41) is 8.91. The van der Waals surface area contributed by atoms with Crippen LogP contribution in [0.5, 0.6) is 11.6 Å². The van der Waals surface area contributed by atoms with E-state index in [1.165, 1.54) is 5.56 Å². The summed E-state index contributed by atoms with van der Waals surface area (Å²) < 4.78 is 5.69. The SMILES string of the molecule is CC(C)(C)c1cccc(Oc2ccc(N)c(C#N)n2)c1. The number of benzene rings is 1. The maximum absolute atomic E-state index is 8.91. The van der Waals surface area contributed by atoms with Crippen LogP contribution in [0.2, 0.25) is 0 Å². The number of hydrogen-bond donors (Lipinski definition) is 1. The highest BCUT2D eigenvalue weighted by molar-refractivity contribution is 5.51. The van der Waals surface area contributed by atoms with E-state index in [-0.39, 0.29) is 11.1 Å². The summed E-state index contributed by atoms with van der Waals surface area (Å²) in [6.07, 6.45) is 0. The number of rotatable bonds is 2. The molecule has 2 aromatic rings. The van der Waals surface area contributed by atoms with E-state index in [4.69, 9.17) is 15.7 Å². The van der Waals surface area contributed by atoms with Crippen molar-refractivity contribution in [2.45, 2.75) is 26.2 Å². The molecule has 2 rings (SSSR count). The molecule has 0 spiro atoms. The van der Waals surface area contributed by atoms with Gasteiger partial charge in [0.25, 0.3) is 0 Å². The van der Waals surface area contributed by atoms with E-state index < -0.39 is 0 Å². The molecule has 1 heterocycles. The largest absolute Gasteiger partial charge is 0.439 e. The molecule has 0 fully saturated rings. The quantitative estimate of drug-likeness (QED) is 0.901. The highest BCUT2D eigenvalue weighted by Gasteiger charge is 2.14. The van der Waals surface area contributed by atoms with Gasteiger partial charge in [-0.25, -0.2) is 4.98 Å². The van der Waals surface area contributed by atoms with Crippen molar-refractivity contribution in [3.05, 3.63) is 47.7 Å². The van der Waals surface area contributed by atoms with E-state index in [9.17, 15) is 0 Å². The van der Waals surface area contributed by atoms with Crippen molar-refractivity contribution >= 4 is 5.69 Å². The van der Waals surface area contributed by atoms with Crippen LogP contribution in [0.15, 0.2) is 36.4 Å². The molecule has 1 aromatic heterocycles. The number of hydrogen-bond acceptors (Lipinski definition) is 4. The lowest BCUT2D eigenvalue weighted by molar-refractivity contribution is 0.459. The number of pyridine rings is 1. The van der Waals surface area contributed by atoms with Gasteiger partial charge in [0.05, 0.1) is 5.69 Å².